The van der Waals surface area contributed by atoms with E-state index in [1.54, 1.807) is 0 Å². The van der Waals surface area contributed by atoms with E-state index in [0.717, 1.165) is 13.1 Å². The molecule has 3 N–H and O–H groups in total. The van der Waals surface area contributed by atoms with Crippen LogP contribution in [0.25, 0.3) is 0 Å². The van der Waals surface area contributed by atoms with Gasteiger partial charge in [0.05, 0.1) is 6.61 Å². The lowest BCUT2D eigenvalue weighted by Gasteiger charge is -2.28. The van der Waals surface area contributed by atoms with Gasteiger partial charge in [0.2, 0.25) is 0 Å². The zero-order valence-electron chi connectivity index (χ0n) is 5.72. The predicted molar refractivity (Wildman–Crippen MR) is 36.3 cm³/mol. The molecule has 2 atom stereocenters. The fourth-order valence-corrected chi connectivity index (χ4v) is 1.11. The van der Waals surface area contributed by atoms with Crippen LogP contribution in [0, 0.1) is 0 Å². The van der Waals surface area contributed by atoms with Gasteiger partial charge in [-0.05, 0) is 6.92 Å². The van der Waals surface area contributed by atoms with Gasteiger partial charge in [-0.15, -0.1) is 0 Å². The Balaban J connectivity index is 2.23. The molecule has 0 bridgehead atoms. The first-order chi connectivity index (χ1) is 4.33. The maximum atomic E-state index is 8.71. The second kappa shape index (κ2) is 3.15. The summed E-state index contributed by atoms with van der Waals surface area (Å²) in [6, 6.07) is 0.754. The lowest BCUT2D eigenvalue weighted by Crippen LogP contribution is -2.54. The van der Waals surface area contributed by atoms with Gasteiger partial charge in [-0.3, -0.25) is 0 Å². The molecule has 0 aromatic carbocycles. The largest absolute Gasteiger partial charge is 0.395 e. The standard InChI is InChI=1S/C6H14N2O/c1-5-2-7-3-6(4-9)8-5/h5-9H,2-4H2,1H3/t5-,6+/m0/s1. The third kappa shape index (κ3) is 1.93. The lowest BCUT2D eigenvalue weighted by atomic mass is 10.2. The molecule has 0 spiro atoms. The third-order valence-corrected chi connectivity index (χ3v) is 1.58. The summed E-state index contributed by atoms with van der Waals surface area (Å²) in [6.45, 7) is 4.24. The van der Waals surface area contributed by atoms with Crippen molar-refractivity contribution < 1.29 is 5.11 Å². The van der Waals surface area contributed by atoms with Crippen LogP contribution in [0.3, 0.4) is 0 Å². The number of rotatable bonds is 1. The summed E-state index contributed by atoms with van der Waals surface area (Å²) in [5, 5.41) is 15.2. The van der Waals surface area contributed by atoms with Crippen LogP contribution in [0.5, 0.6) is 0 Å². The van der Waals surface area contributed by atoms with Crippen LogP contribution in [0.4, 0.5) is 0 Å². The topological polar surface area (TPSA) is 44.3 Å². The monoisotopic (exact) mass is 130 g/mol. The molecule has 3 nitrogen and oxygen atoms in total. The first-order valence-electron chi connectivity index (χ1n) is 3.40. The van der Waals surface area contributed by atoms with E-state index >= 15 is 0 Å². The minimum Gasteiger partial charge on any atom is -0.395 e. The molecule has 3 heteroatoms. The molecule has 9 heavy (non-hydrogen) atoms. The Morgan fingerprint density at radius 1 is 1.56 bits per heavy atom. The summed E-state index contributed by atoms with van der Waals surface area (Å²) in [5.74, 6) is 0. The SMILES string of the molecule is C[C@H]1CNC[C@H](CO)N1. The summed E-state index contributed by atoms with van der Waals surface area (Å²) in [7, 11) is 0. The molecule has 0 saturated carbocycles. The minimum atomic E-state index is 0.233. The molecule has 54 valence electrons. The van der Waals surface area contributed by atoms with Crippen LogP contribution in [0.15, 0.2) is 0 Å². The number of piperazine rings is 1. The van der Waals surface area contributed by atoms with Crippen molar-refractivity contribution in [3.63, 3.8) is 0 Å². The Morgan fingerprint density at radius 2 is 2.33 bits per heavy atom. The zero-order valence-corrected chi connectivity index (χ0v) is 5.72. The number of nitrogens with one attached hydrogen (secondary N) is 2. The Morgan fingerprint density at radius 3 is 2.78 bits per heavy atom. The van der Waals surface area contributed by atoms with E-state index in [0.29, 0.717) is 6.04 Å². The number of hydrogen-bond acceptors (Lipinski definition) is 3. The highest BCUT2D eigenvalue weighted by Crippen LogP contribution is 1.90. The number of aliphatic hydroxyl groups excluding tert-OH is 1. The van der Waals surface area contributed by atoms with Crippen molar-refractivity contribution in [1.82, 2.24) is 10.6 Å². The quantitative estimate of drug-likeness (QED) is 0.423. The first kappa shape index (κ1) is 6.99. The molecule has 0 amide bonds. The highest BCUT2D eigenvalue weighted by Gasteiger charge is 2.14. The predicted octanol–water partition coefficient (Wildman–Crippen LogP) is -1.07. The summed E-state index contributed by atoms with van der Waals surface area (Å²) < 4.78 is 0. The summed E-state index contributed by atoms with van der Waals surface area (Å²) in [5.41, 5.74) is 0. The molecular weight excluding hydrogens is 116 g/mol. The van der Waals surface area contributed by atoms with Crippen LogP contribution >= 0.6 is 0 Å². The Labute approximate surface area is 55.5 Å². The molecule has 0 aromatic heterocycles. The van der Waals surface area contributed by atoms with Crippen molar-refractivity contribution in [3.8, 4) is 0 Å². The minimum absolute atomic E-state index is 0.233. The second-order valence-corrected chi connectivity index (χ2v) is 2.61. The van der Waals surface area contributed by atoms with Gasteiger partial charge in [-0.1, -0.05) is 0 Å². The highest BCUT2D eigenvalue weighted by atomic mass is 16.3. The van der Waals surface area contributed by atoms with Crippen LogP contribution in [0.1, 0.15) is 6.92 Å². The van der Waals surface area contributed by atoms with E-state index in [4.69, 9.17) is 5.11 Å². The summed E-state index contributed by atoms with van der Waals surface area (Å²) >= 11 is 0. The smallest absolute Gasteiger partial charge is 0.0597 e. The fraction of sp³-hybridized carbons (Fsp3) is 1.00. The second-order valence-electron chi connectivity index (χ2n) is 2.61. The van der Waals surface area contributed by atoms with Crippen molar-refractivity contribution in [2.45, 2.75) is 19.0 Å². The molecule has 1 aliphatic heterocycles. The van der Waals surface area contributed by atoms with Crippen molar-refractivity contribution >= 4 is 0 Å². The molecule has 1 rings (SSSR count). The van der Waals surface area contributed by atoms with E-state index in [-0.39, 0.29) is 12.6 Å². The number of aliphatic hydroxyl groups is 1. The van der Waals surface area contributed by atoms with E-state index in [1.165, 1.54) is 0 Å². The summed E-state index contributed by atoms with van der Waals surface area (Å²) in [4.78, 5) is 0. The van der Waals surface area contributed by atoms with Crippen LogP contribution in [-0.2, 0) is 0 Å². The third-order valence-electron chi connectivity index (χ3n) is 1.58. The van der Waals surface area contributed by atoms with Gasteiger partial charge >= 0.3 is 0 Å². The lowest BCUT2D eigenvalue weighted by molar-refractivity contribution is 0.211. The van der Waals surface area contributed by atoms with Crippen molar-refractivity contribution in [2.24, 2.45) is 0 Å². The van der Waals surface area contributed by atoms with Gasteiger partial charge in [0, 0.05) is 25.2 Å². The van der Waals surface area contributed by atoms with E-state index in [1.807, 2.05) is 0 Å². The molecule has 0 aromatic rings. The molecular formula is C6H14N2O. The molecule has 0 radical (unpaired) electrons. The van der Waals surface area contributed by atoms with E-state index < -0.39 is 0 Å². The molecule has 1 heterocycles. The maximum Gasteiger partial charge on any atom is 0.0597 e. The van der Waals surface area contributed by atoms with Crippen molar-refractivity contribution in [3.05, 3.63) is 0 Å². The van der Waals surface area contributed by atoms with E-state index in [2.05, 4.69) is 17.6 Å². The van der Waals surface area contributed by atoms with Gasteiger partial charge in [0.1, 0.15) is 0 Å². The van der Waals surface area contributed by atoms with Gasteiger partial charge in [-0.2, -0.15) is 0 Å². The van der Waals surface area contributed by atoms with Crippen molar-refractivity contribution in [2.75, 3.05) is 19.7 Å². The first-order valence-corrected chi connectivity index (χ1v) is 3.40. The molecule has 1 aliphatic rings. The average Bonchev–Trinajstić information content (AvgIpc) is 1.88. The summed E-state index contributed by atoms with van der Waals surface area (Å²) in [6.07, 6.45) is 0. The normalized spacial score (nSPS) is 36.7. The number of hydrogen-bond donors (Lipinski definition) is 3. The van der Waals surface area contributed by atoms with Gasteiger partial charge < -0.3 is 15.7 Å². The van der Waals surface area contributed by atoms with Crippen LogP contribution in [0.2, 0.25) is 0 Å². The zero-order chi connectivity index (χ0) is 6.69. The average molecular weight is 130 g/mol. The fourth-order valence-electron chi connectivity index (χ4n) is 1.11. The molecule has 0 aliphatic carbocycles. The van der Waals surface area contributed by atoms with Gasteiger partial charge in [0.15, 0.2) is 0 Å². The van der Waals surface area contributed by atoms with Crippen LogP contribution in [-0.4, -0.2) is 36.9 Å². The molecule has 1 fully saturated rings. The molecule has 0 unspecified atom stereocenters. The van der Waals surface area contributed by atoms with Crippen LogP contribution < -0.4 is 10.6 Å². The Bertz CT molecular complexity index is 87.1. The van der Waals surface area contributed by atoms with Crippen molar-refractivity contribution in [1.29, 1.82) is 0 Å². The van der Waals surface area contributed by atoms with E-state index in [9.17, 15) is 0 Å². The Kier molecular flexibility index (Phi) is 2.45. The highest BCUT2D eigenvalue weighted by molar-refractivity contribution is 4.79. The Hall–Kier alpha value is -0.120. The maximum absolute atomic E-state index is 8.71. The van der Waals surface area contributed by atoms with Gasteiger partial charge in [-0.25, -0.2) is 0 Å². The van der Waals surface area contributed by atoms with Gasteiger partial charge in [0.25, 0.3) is 0 Å². The molecule has 1 saturated heterocycles.